The summed E-state index contributed by atoms with van der Waals surface area (Å²) < 4.78 is 1.93. The molecule has 2 aromatic rings. The first-order chi connectivity index (χ1) is 9.52. The molecule has 0 aliphatic rings. The van der Waals surface area contributed by atoms with E-state index >= 15 is 0 Å². The van der Waals surface area contributed by atoms with Crippen LogP contribution in [-0.2, 0) is 20.0 Å². The van der Waals surface area contributed by atoms with Crippen LogP contribution in [0.15, 0.2) is 30.3 Å². The zero-order valence-corrected chi connectivity index (χ0v) is 12.9. The van der Waals surface area contributed by atoms with Gasteiger partial charge in [0.1, 0.15) is 4.99 Å². The number of aromatic nitrogens is 2. The highest BCUT2D eigenvalue weighted by Gasteiger charge is 2.12. The quantitative estimate of drug-likeness (QED) is 0.857. The van der Waals surface area contributed by atoms with Gasteiger partial charge in [0.2, 0.25) is 0 Å². The minimum absolute atomic E-state index is 0.423. The molecule has 1 aromatic carbocycles. The van der Waals surface area contributed by atoms with Crippen molar-refractivity contribution in [3.05, 3.63) is 47.3 Å². The second-order valence-corrected chi connectivity index (χ2v) is 5.28. The molecule has 0 fully saturated rings. The van der Waals surface area contributed by atoms with Gasteiger partial charge in [0, 0.05) is 25.3 Å². The number of nitrogens with zero attached hydrogens (tertiary/aromatic N) is 3. The smallest absolute Gasteiger partial charge is 0.106 e. The highest BCUT2D eigenvalue weighted by atomic mass is 32.1. The van der Waals surface area contributed by atoms with E-state index in [0.717, 1.165) is 29.9 Å². The Bertz CT molecular complexity index is 618. The molecule has 2 rings (SSSR count). The molecule has 0 aliphatic heterocycles. The van der Waals surface area contributed by atoms with Crippen LogP contribution in [-0.4, -0.2) is 21.8 Å². The average molecular weight is 288 g/mol. The SMILES string of the molecule is CCc1cc(CN(C)c2ccccc2C(N)=S)n(C)n1. The van der Waals surface area contributed by atoms with Crippen molar-refractivity contribution in [1.29, 1.82) is 0 Å². The lowest BCUT2D eigenvalue weighted by atomic mass is 10.1. The number of anilines is 1. The maximum absolute atomic E-state index is 5.79. The van der Waals surface area contributed by atoms with Gasteiger partial charge in [-0.25, -0.2) is 0 Å². The second kappa shape index (κ2) is 6.05. The third-order valence-corrected chi connectivity index (χ3v) is 3.59. The molecule has 1 aromatic heterocycles. The van der Waals surface area contributed by atoms with Gasteiger partial charge in [-0.1, -0.05) is 31.3 Å². The standard InChI is InChI=1S/C15H20N4S/c1-4-11-9-12(19(3)17-11)10-18(2)14-8-6-5-7-13(14)15(16)20/h5-9H,4,10H2,1-3H3,(H2,16,20). The van der Waals surface area contributed by atoms with Crippen molar-refractivity contribution >= 4 is 22.9 Å². The van der Waals surface area contributed by atoms with Crippen LogP contribution in [0, 0.1) is 0 Å². The van der Waals surface area contributed by atoms with Crippen LogP contribution in [0.2, 0.25) is 0 Å². The predicted octanol–water partition coefficient (Wildman–Crippen LogP) is 2.25. The van der Waals surface area contributed by atoms with Crippen LogP contribution in [0.25, 0.3) is 0 Å². The fraction of sp³-hybridized carbons (Fsp3) is 0.333. The summed E-state index contributed by atoms with van der Waals surface area (Å²) >= 11 is 5.12. The summed E-state index contributed by atoms with van der Waals surface area (Å²) in [6.07, 6.45) is 0.945. The van der Waals surface area contributed by atoms with Crippen LogP contribution < -0.4 is 10.6 Å². The van der Waals surface area contributed by atoms with E-state index in [9.17, 15) is 0 Å². The first-order valence-corrected chi connectivity index (χ1v) is 7.05. The average Bonchev–Trinajstić information content (AvgIpc) is 2.79. The Morgan fingerprint density at radius 3 is 2.70 bits per heavy atom. The molecule has 0 bridgehead atoms. The Hall–Kier alpha value is -1.88. The molecule has 0 atom stereocenters. The molecule has 0 unspecified atom stereocenters. The Morgan fingerprint density at radius 2 is 2.10 bits per heavy atom. The largest absolute Gasteiger partial charge is 0.389 e. The molecule has 0 saturated carbocycles. The van der Waals surface area contributed by atoms with Gasteiger partial charge >= 0.3 is 0 Å². The van der Waals surface area contributed by atoms with Crippen LogP contribution >= 0.6 is 12.2 Å². The van der Waals surface area contributed by atoms with E-state index in [1.54, 1.807) is 0 Å². The normalized spacial score (nSPS) is 10.6. The molecule has 0 saturated heterocycles. The van der Waals surface area contributed by atoms with Crippen molar-refractivity contribution in [2.24, 2.45) is 12.8 Å². The van der Waals surface area contributed by atoms with Gasteiger partial charge in [-0.2, -0.15) is 5.10 Å². The van der Waals surface area contributed by atoms with E-state index in [2.05, 4.69) is 23.0 Å². The molecule has 106 valence electrons. The molecule has 4 nitrogen and oxygen atoms in total. The lowest BCUT2D eigenvalue weighted by Crippen LogP contribution is -2.22. The molecular formula is C15H20N4S. The zero-order valence-electron chi connectivity index (χ0n) is 12.1. The number of benzene rings is 1. The predicted molar refractivity (Wildman–Crippen MR) is 87.0 cm³/mol. The van der Waals surface area contributed by atoms with Crippen molar-refractivity contribution in [3.63, 3.8) is 0 Å². The van der Waals surface area contributed by atoms with E-state index in [-0.39, 0.29) is 0 Å². The molecule has 0 spiro atoms. The maximum atomic E-state index is 5.79. The minimum atomic E-state index is 0.423. The number of hydrogen-bond acceptors (Lipinski definition) is 3. The van der Waals surface area contributed by atoms with Crippen molar-refractivity contribution in [3.8, 4) is 0 Å². The van der Waals surface area contributed by atoms with Gasteiger partial charge in [-0.15, -0.1) is 0 Å². The minimum Gasteiger partial charge on any atom is -0.389 e. The van der Waals surface area contributed by atoms with Crippen LogP contribution in [0.1, 0.15) is 23.9 Å². The van der Waals surface area contributed by atoms with E-state index < -0.39 is 0 Å². The summed E-state index contributed by atoms with van der Waals surface area (Å²) in [5, 5.41) is 4.47. The monoisotopic (exact) mass is 288 g/mol. The summed E-state index contributed by atoms with van der Waals surface area (Å²) in [5.74, 6) is 0. The third-order valence-electron chi connectivity index (χ3n) is 3.37. The Balaban J connectivity index is 2.26. The fourth-order valence-corrected chi connectivity index (χ4v) is 2.41. The lowest BCUT2D eigenvalue weighted by Gasteiger charge is -2.22. The Morgan fingerprint density at radius 1 is 1.40 bits per heavy atom. The van der Waals surface area contributed by atoms with Gasteiger partial charge in [0.15, 0.2) is 0 Å². The molecule has 20 heavy (non-hydrogen) atoms. The Kier molecular flexibility index (Phi) is 4.39. The maximum Gasteiger partial charge on any atom is 0.106 e. The highest BCUT2D eigenvalue weighted by Crippen LogP contribution is 2.21. The summed E-state index contributed by atoms with van der Waals surface area (Å²) in [6.45, 7) is 2.88. The fourth-order valence-electron chi connectivity index (χ4n) is 2.24. The van der Waals surface area contributed by atoms with Gasteiger partial charge in [-0.3, -0.25) is 4.68 Å². The van der Waals surface area contributed by atoms with Crippen molar-refractivity contribution < 1.29 is 0 Å². The molecule has 5 heteroatoms. The summed E-state index contributed by atoms with van der Waals surface area (Å²) in [7, 11) is 4.01. The molecule has 2 N–H and O–H groups in total. The number of para-hydroxylation sites is 1. The van der Waals surface area contributed by atoms with E-state index in [1.165, 1.54) is 5.69 Å². The van der Waals surface area contributed by atoms with Crippen LogP contribution in [0.3, 0.4) is 0 Å². The van der Waals surface area contributed by atoms with E-state index in [0.29, 0.717) is 4.99 Å². The Labute approximate surface area is 125 Å². The molecule has 0 radical (unpaired) electrons. The summed E-state index contributed by atoms with van der Waals surface area (Å²) in [6, 6.07) is 10.1. The van der Waals surface area contributed by atoms with E-state index in [1.807, 2.05) is 43.0 Å². The molecule has 1 heterocycles. The van der Waals surface area contributed by atoms with Gasteiger partial charge in [0.25, 0.3) is 0 Å². The molecular weight excluding hydrogens is 268 g/mol. The first-order valence-electron chi connectivity index (χ1n) is 6.64. The van der Waals surface area contributed by atoms with Crippen molar-refractivity contribution in [2.75, 3.05) is 11.9 Å². The topological polar surface area (TPSA) is 47.1 Å². The number of hydrogen-bond donors (Lipinski definition) is 1. The highest BCUT2D eigenvalue weighted by molar-refractivity contribution is 7.80. The first kappa shape index (κ1) is 14.5. The summed E-state index contributed by atoms with van der Waals surface area (Å²) in [5.41, 5.74) is 10.0. The van der Waals surface area contributed by atoms with Crippen molar-refractivity contribution in [2.45, 2.75) is 19.9 Å². The van der Waals surface area contributed by atoms with Crippen LogP contribution in [0.4, 0.5) is 5.69 Å². The van der Waals surface area contributed by atoms with Gasteiger partial charge < -0.3 is 10.6 Å². The number of thiocarbonyl (C=S) groups is 1. The van der Waals surface area contributed by atoms with Crippen molar-refractivity contribution in [1.82, 2.24) is 9.78 Å². The van der Waals surface area contributed by atoms with Gasteiger partial charge in [-0.05, 0) is 24.6 Å². The molecule has 0 amide bonds. The number of aryl methyl sites for hydroxylation is 2. The van der Waals surface area contributed by atoms with Crippen LogP contribution in [0.5, 0.6) is 0 Å². The zero-order chi connectivity index (χ0) is 14.7. The van der Waals surface area contributed by atoms with Gasteiger partial charge in [0.05, 0.1) is 17.9 Å². The molecule has 0 aliphatic carbocycles. The lowest BCUT2D eigenvalue weighted by molar-refractivity contribution is 0.689. The second-order valence-electron chi connectivity index (χ2n) is 4.84. The number of rotatable bonds is 5. The third kappa shape index (κ3) is 2.99. The van der Waals surface area contributed by atoms with E-state index in [4.69, 9.17) is 18.0 Å². The summed E-state index contributed by atoms with van der Waals surface area (Å²) in [4.78, 5) is 2.57. The number of nitrogens with two attached hydrogens (primary N) is 1.